The van der Waals surface area contributed by atoms with Gasteiger partial charge in [0.1, 0.15) is 6.61 Å². The SMILES string of the molecule is C=CCCC(=O)OC[C@H](C)NC(=O)[C@H](CC=C)CC(=O)N[C@H](CO)Cc1ccccc1. The number of aliphatic hydroxyl groups is 1. The number of amides is 2. The Kier molecular flexibility index (Phi) is 12.6. The normalized spacial score (nSPS) is 13.4. The van der Waals surface area contributed by atoms with E-state index < -0.39 is 12.0 Å². The summed E-state index contributed by atoms with van der Waals surface area (Å²) < 4.78 is 5.12. The zero-order valence-corrected chi connectivity index (χ0v) is 18.2. The van der Waals surface area contributed by atoms with Crippen LogP contribution in [0.1, 0.15) is 38.2 Å². The molecular formula is C24H34N2O5. The number of esters is 1. The van der Waals surface area contributed by atoms with E-state index in [1.807, 2.05) is 30.3 Å². The number of aliphatic hydroxyl groups excluding tert-OH is 1. The Morgan fingerprint density at radius 1 is 1.13 bits per heavy atom. The van der Waals surface area contributed by atoms with E-state index in [2.05, 4.69) is 23.8 Å². The topological polar surface area (TPSA) is 105 Å². The second-order valence-corrected chi connectivity index (χ2v) is 7.48. The van der Waals surface area contributed by atoms with Gasteiger partial charge in [0.05, 0.1) is 24.6 Å². The second-order valence-electron chi connectivity index (χ2n) is 7.48. The number of carbonyl (C=O) groups is 3. The highest BCUT2D eigenvalue weighted by molar-refractivity contribution is 5.86. The number of hydrogen-bond donors (Lipinski definition) is 3. The zero-order chi connectivity index (χ0) is 23.1. The van der Waals surface area contributed by atoms with Crippen LogP contribution in [0.25, 0.3) is 0 Å². The summed E-state index contributed by atoms with van der Waals surface area (Å²) in [6, 6.07) is 8.72. The fourth-order valence-corrected chi connectivity index (χ4v) is 2.97. The molecule has 31 heavy (non-hydrogen) atoms. The lowest BCUT2D eigenvalue weighted by Crippen LogP contribution is -2.44. The van der Waals surface area contributed by atoms with Gasteiger partial charge in [-0.15, -0.1) is 13.2 Å². The van der Waals surface area contributed by atoms with Crippen molar-refractivity contribution in [1.82, 2.24) is 10.6 Å². The zero-order valence-electron chi connectivity index (χ0n) is 18.2. The maximum absolute atomic E-state index is 12.6. The van der Waals surface area contributed by atoms with E-state index in [9.17, 15) is 19.5 Å². The van der Waals surface area contributed by atoms with Crippen LogP contribution in [0.3, 0.4) is 0 Å². The lowest BCUT2D eigenvalue weighted by Gasteiger charge is -2.21. The van der Waals surface area contributed by atoms with Crippen molar-refractivity contribution in [2.75, 3.05) is 13.2 Å². The van der Waals surface area contributed by atoms with Gasteiger partial charge in [-0.1, -0.05) is 42.5 Å². The molecule has 0 aliphatic carbocycles. The summed E-state index contributed by atoms with van der Waals surface area (Å²) in [4.78, 5) is 36.6. The number of hydrogen-bond acceptors (Lipinski definition) is 5. The molecule has 0 heterocycles. The van der Waals surface area contributed by atoms with Crippen LogP contribution < -0.4 is 10.6 Å². The van der Waals surface area contributed by atoms with Crippen LogP contribution >= 0.6 is 0 Å². The van der Waals surface area contributed by atoms with Crippen molar-refractivity contribution in [3.63, 3.8) is 0 Å². The fourth-order valence-electron chi connectivity index (χ4n) is 2.97. The van der Waals surface area contributed by atoms with Crippen LogP contribution in [0.4, 0.5) is 0 Å². The number of rotatable bonds is 15. The highest BCUT2D eigenvalue weighted by Gasteiger charge is 2.23. The number of allylic oxidation sites excluding steroid dienone is 2. The fraction of sp³-hybridized carbons (Fsp3) is 0.458. The maximum Gasteiger partial charge on any atom is 0.306 e. The number of benzene rings is 1. The van der Waals surface area contributed by atoms with E-state index in [1.165, 1.54) is 0 Å². The molecule has 0 aliphatic heterocycles. The molecule has 7 heteroatoms. The molecule has 0 unspecified atom stereocenters. The van der Waals surface area contributed by atoms with Crippen molar-refractivity contribution in [3.8, 4) is 0 Å². The first-order valence-electron chi connectivity index (χ1n) is 10.5. The summed E-state index contributed by atoms with van der Waals surface area (Å²) >= 11 is 0. The van der Waals surface area contributed by atoms with Gasteiger partial charge < -0.3 is 20.5 Å². The average Bonchev–Trinajstić information content (AvgIpc) is 2.76. The van der Waals surface area contributed by atoms with Crippen molar-refractivity contribution < 1.29 is 24.2 Å². The van der Waals surface area contributed by atoms with Gasteiger partial charge in [-0.2, -0.15) is 0 Å². The Morgan fingerprint density at radius 3 is 2.45 bits per heavy atom. The highest BCUT2D eigenvalue weighted by atomic mass is 16.5. The monoisotopic (exact) mass is 430 g/mol. The summed E-state index contributed by atoms with van der Waals surface area (Å²) in [6.45, 7) is 8.79. The average molecular weight is 431 g/mol. The van der Waals surface area contributed by atoms with Crippen LogP contribution in [0.15, 0.2) is 55.6 Å². The van der Waals surface area contributed by atoms with Crippen molar-refractivity contribution in [3.05, 3.63) is 61.2 Å². The van der Waals surface area contributed by atoms with Crippen LogP contribution in [0.2, 0.25) is 0 Å². The second kappa shape index (κ2) is 15.0. The molecule has 0 radical (unpaired) electrons. The van der Waals surface area contributed by atoms with Crippen molar-refractivity contribution in [2.24, 2.45) is 5.92 Å². The molecule has 7 nitrogen and oxygen atoms in total. The van der Waals surface area contributed by atoms with Crippen LogP contribution in [0, 0.1) is 5.92 Å². The Hall–Kier alpha value is -2.93. The lowest BCUT2D eigenvalue weighted by molar-refractivity contribution is -0.145. The van der Waals surface area contributed by atoms with Crippen LogP contribution in [0.5, 0.6) is 0 Å². The first kappa shape index (κ1) is 26.1. The van der Waals surface area contributed by atoms with Gasteiger partial charge >= 0.3 is 5.97 Å². The number of carbonyl (C=O) groups excluding carboxylic acids is 3. The van der Waals surface area contributed by atoms with Gasteiger partial charge in [0.15, 0.2) is 0 Å². The van der Waals surface area contributed by atoms with Crippen LogP contribution in [-0.2, 0) is 25.5 Å². The molecule has 3 atom stereocenters. The van der Waals surface area contributed by atoms with E-state index in [0.717, 1.165) is 5.56 Å². The third-order valence-electron chi connectivity index (χ3n) is 4.60. The predicted molar refractivity (Wildman–Crippen MR) is 120 cm³/mol. The van der Waals surface area contributed by atoms with Gasteiger partial charge in [0.25, 0.3) is 0 Å². The summed E-state index contributed by atoms with van der Waals surface area (Å²) in [5.41, 5.74) is 0.999. The third kappa shape index (κ3) is 11.1. The van der Waals surface area contributed by atoms with Gasteiger partial charge in [0.2, 0.25) is 11.8 Å². The van der Waals surface area contributed by atoms with E-state index in [4.69, 9.17) is 4.74 Å². The van der Waals surface area contributed by atoms with Crippen molar-refractivity contribution in [1.29, 1.82) is 0 Å². The molecule has 1 aromatic rings. The standard InChI is InChI=1S/C24H34N2O5/c1-4-6-13-23(29)31-17-18(3)25-24(30)20(10-5-2)15-22(28)26-21(16-27)14-19-11-8-7-9-12-19/h4-5,7-9,11-12,18,20-21,27H,1-2,6,10,13-17H2,3H3,(H,25,30)(H,26,28)/t18-,20+,21-/m0/s1. The summed E-state index contributed by atoms with van der Waals surface area (Å²) in [5.74, 6) is -1.59. The van der Waals surface area contributed by atoms with Gasteiger partial charge in [-0.3, -0.25) is 14.4 Å². The number of ether oxygens (including phenoxy) is 1. The quantitative estimate of drug-likeness (QED) is 0.293. The Balaban J connectivity index is 2.53. The van der Waals surface area contributed by atoms with Gasteiger partial charge in [0, 0.05) is 12.8 Å². The lowest BCUT2D eigenvalue weighted by atomic mass is 9.98. The van der Waals surface area contributed by atoms with Crippen molar-refractivity contribution in [2.45, 2.75) is 51.1 Å². The molecule has 1 aromatic carbocycles. The maximum atomic E-state index is 12.6. The van der Waals surface area contributed by atoms with Gasteiger partial charge in [-0.05, 0) is 31.7 Å². The summed E-state index contributed by atoms with van der Waals surface area (Å²) in [7, 11) is 0. The molecular weight excluding hydrogens is 396 g/mol. The minimum atomic E-state index is -0.604. The van der Waals surface area contributed by atoms with E-state index in [0.29, 0.717) is 19.3 Å². The molecule has 0 fully saturated rings. The van der Waals surface area contributed by atoms with Crippen LogP contribution in [-0.4, -0.2) is 48.2 Å². The molecule has 170 valence electrons. The molecule has 0 saturated carbocycles. The van der Waals surface area contributed by atoms with E-state index >= 15 is 0 Å². The Bertz CT molecular complexity index is 720. The Labute approximate surface area is 184 Å². The molecule has 3 N–H and O–H groups in total. The molecule has 0 aromatic heterocycles. The third-order valence-corrected chi connectivity index (χ3v) is 4.60. The molecule has 0 aliphatic rings. The summed E-state index contributed by atoms with van der Waals surface area (Å²) in [6.07, 6.45) is 4.80. The smallest absolute Gasteiger partial charge is 0.306 e. The molecule has 1 rings (SSSR count). The van der Waals surface area contributed by atoms with Crippen molar-refractivity contribution >= 4 is 17.8 Å². The minimum Gasteiger partial charge on any atom is -0.463 e. The molecule has 0 saturated heterocycles. The predicted octanol–water partition coefficient (Wildman–Crippen LogP) is 2.30. The number of nitrogens with one attached hydrogen (secondary N) is 2. The largest absolute Gasteiger partial charge is 0.463 e. The molecule has 2 amide bonds. The van der Waals surface area contributed by atoms with E-state index in [1.54, 1.807) is 19.1 Å². The molecule has 0 spiro atoms. The minimum absolute atomic E-state index is 0.0328. The first-order valence-corrected chi connectivity index (χ1v) is 10.5. The molecule has 0 bridgehead atoms. The van der Waals surface area contributed by atoms with Gasteiger partial charge in [-0.25, -0.2) is 0 Å². The Morgan fingerprint density at radius 2 is 1.84 bits per heavy atom. The highest BCUT2D eigenvalue weighted by Crippen LogP contribution is 2.11. The first-order chi connectivity index (χ1) is 14.9. The summed E-state index contributed by atoms with van der Waals surface area (Å²) in [5, 5.41) is 15.2. The van der Waals surface area contributed by atoms with E-state index in [-0.39, 0.29) is 49.9 Å².